The molecule has 6 nitrogen and oxygen atoms in total. The van der Waals surface area contributed by atoms with E-state index in [0.29, 0.717) is 0 Å². The lowest BCUT2D eigenvalue weighted by Gasteiger charge is -2.07. The van der Waals surface area contributed by atoms with Crippen LogP contribution in [0.5, 0.6) is 5.75 Å². The van der Waals surface area contributed by atoms with Gasteiger partial charge in [-0.1, -0.05) is 18.2 Å². The molecule has 0 atom stereocenters. The van der Waals surface area contributed by atoms with Gasteiger partial charge in [0.15, 0.2) is 6.61 Å². The summed E-state index contributed by atoms with van der Waals surface area (Å²) in [4.78, 5) is 10.3. The lowest BCUT2D eigenvalue weighted by Crippen LogP contribution is -2.24. The first-order valence-electron chi connectivity index (χ1n) is 5.09. The first-order valence-corrected chi connectivity index (χ1v) is 6.95. The van der Waals surface area contributed by atoms with Crippen LogP contribution in [0.2, 0.25) is 0 Å². The van der Waals surface area contributed by atoms with E-state index in [2.05, 4.69) is 11.3 Å². The molecule has 0 aliphatic rings. The van der Waals surface area contributed by atoms with Crippen LogP contribution in [0, 0.1) is 0 Å². The van der Waals surface area contributed by atoms with Gasteiger partial charge in [0.25, 0.3) is 0 Å². The zero-order valence-corrected chi connectivity index (χ0v) is 11.4. The molecule has 1 aromatic rings. The molecule has 1 rings (SSSR count). The summed E-state index contributed by atoms with van der Waals surface area (Å²) in [7, 11) is -3.67. The third-order valence-electron chi connectivity index (χ3n) is 1.95. The van der Waals surface area contributed by atoms with Crippen molar-refractivity contribution in [2.45, 2.75) is 4.90 Å². The molecule has 19 heavy (non-hydrogen) atoms. The van der Waals surface area contributed by atoms with Gasteiger partial charge < -0.3 is 9.84 Å². The molecule has 8 heteroatoms. The van der Waals surface area contributed by atoms with Crippen LogP contribution in [-0.4, -0.2) is 32.6 Å². The van der Waals surface area contributed by atoms with Gasteiger partial charge in [0.2, 0.25) is 10.0 Å². The van der Waals surface area contributed by atoms with Crippen molar-refractivity contribution in [3.63, 3.8) is 0 Å². The SMILES string of the molecule is C=C(Cl)CNS(=O)(=O)c1ccc(OCC(=O)O)cc1. The molecule has 0 saturated carbocycles. The number of hydrogen-bond acceptors (Lipinski definition) is 4. The lowest BCUT2D eigenvalue weighted by atomic mass is 10.3. The molecule has 0 unspecified atom stereocenters. The Bertz CT molecular complexity index is 567. The fraction of sp³-hybridized carbons (Fsp3) is 0.182. The maximum absolute atomic E-state index is 11.8. The van der Waals surface area contributed by atoms with Crippen LogP contribution in [0.15, 0.2) is 40.8 Å². The van der Waals surface area contributed by atoms with Crippen molar-refractivity contribution in [1.82, 2.24) is 4.72 Å². The van der Waals surface area contributed by atoms with E-state index in [9.17, 15) is 13.2 Å². The molecule has 1 aromatic carbocycles. The number of halogens is 1. The van der Waals surface area contributed by atoms with Crippen LogP contribution >= 0.6 is 11.6 Å². The van der Waals surface area contributed by atoms with Gasteiger partial charge in [-0.2, -0.15) is 0 Å². The van der Waals surface area contributed by atoms with E-state index in [1.807, 2.05) is 0 Å². The Hall–Kier alpha value is -1.57. The van der Waals surface area contributed by atoms with Gasteiger partial charge in [0, 0.05) is 11.6 Å². The first-order chi connectivity index (χ1) is 8.81. The molecular weight excluding hydrogens is 294 g/mol. The van der Waals surface area contributed by atoms with E-state index in [0.717, 1.165) is 0 Å². The Morgan fingerprint density at radius 3 is 2.42 bits per heavy atom. The minimum Gasteiger partial charge on any atom is -0.482 e. The third kappa shape index (κ3) is 5.29. The molecule has 0 aromatic heterocycles. The summed E-state index contributed by atoms with van der Waals surface area (Å²) in [6, 6.07) is 5.34. The van der Waals surface area contributed by atoms with Crippen molar-refractivity contribution in [2.24, 2.45) is 0 Å². The number of ether oxygens (including phenoxy) is 1. The number of benzene rings is 1. The zero-order valence-electron chi connectivity index (χ0n) is 9.80. The molecule has 0 aliphatic carbocycles. The Kier molecular flexibility index (Phi) is 5.34. The quantitative estimate of drug-likeness (QED) is 0.789. The Labute approximate surface area is 115 Å². The highest BCUT2D eigenvalue weighted by Gasteiger charge is 2.13. The van der Waals surface area contributed by atoms with Gasteiger partial charge in [-0.05, 0) is 24.3 Å². The van der Waals surface area contributed by atoms with Gasteiger partial charge in [0.05, 0.1) is 4.90 Å². The Balaban J connectivity index is 2.74. The molecule has 0 radical (unpaired) electrons. The van der Waals surface area contributed by atoms with Gasteiger partial charge in [0.1, 0.15) is 5.75 Å². The number of sulfonamides is 1. The van der Waals surface area contributed by atoms with Crippen molar-refractivity contribution < 1.29 is 23.1 Å². The minimum absolute atomic E-state index is 0.0214. The van der Waals surface area contributed by atoms with Crippen molar-refractivity contribution in [3.05, 3.63) is 35.9 Å². The smallest absolute Gasteiger partial charge is 0.341 e. The summed E-state index contributed by atoms with van der Waals surface area (Å²) in [6.45, 7) is 2.81. The molecule has 0 aliphatic heterocycles. The van der Waals surface area contributed by atoms with Crippen LogP contribution in [0.1, 0.15) is 0 Å². The van der Waals surface area contributed by atoms with Gasteiger partial charge in [-0.3, -0.25) is 0 Å². The van der Waals surface area contributed by atoms with Crippen LogP contribution in [0.4, 0.5) is 0 Å². The van der Waals surface area contributed by atoms with E-state index in [-0.39, 0.29) is 22.2 Å². The maximum atomic E-state index is 11.8. The summed E-state index contributed by atoms with van der Waals surface area (Å²) in [6.07, 6.45) is 0. The highest BCUT2D eigenvalue weighted by atomic mass is 35.5. The van der Waals surface area contributed by atoms with Crippen molar-refractivity contribution in [1.29, 1.82) is 0 Å². The standard InChI is InChI=1S/C11H12ClNO5S/c1-8(12)6-13-19(16,17)10-4-2-9(3-5-10)18-7-11(14)15/h2-5,13H,1,6-7H2,(H,14,15). The van der Waals surface area contributed by atoms with Crippen LogP contribution in [0.25, 0.3) is 0 Å². The molecular formula is C11H12ClNO5S. The van der Waals surface area contributed by atoms with Crippen LogP contribution < -0.4 is 9.46 Å². The normalized spacial score (nSPS) is 11.0. The number of carboxylic acids is 1. The first kappa shape index (κ1) is 15.5. The van der Waals surface area contributed by atoms with E-state index >= 15 is 0 Å². The van der Waals surface area contributed by atoms with Crippen LogP contribution in [0.3, 0.4) is 0 Å². The van der Waals surface area contributed by atoms with Gasteiger partial charge in [-0.25, -0.2) is 17.9 Å². The van der Waals surface area contributed by atoms with E-state index in [1.165, 1.54) is 24.3 Å². The second-order valence-electron chi connectivity index (χ2n) is 3.50. The second-order valence-corrected chi connectivity index (χ2v) is 5.80. The van der Waals surface area contributed by atoms with Crippen molar-refractivity contribution in [2.75, 3.05) is 13.2 Å². The lowest BCUT2D eigenvalue weighted by molar-refractivity contribution is -0.139. The van der Waals surface area contributed by atoms with Crippen molar-refractivity contribution >= 4 is 27.6 Å². The highest BCUT2D eigenvalue weighted by molar-refractivity contribution is 7.89. The highest BCUT2D eigenvalue weighted by Crippen LogP contribution is 2.16. The maximum Gasteiger partial charge on any atom is 0.341 e. The van der Waals surface area contributed by atoms with E-state index < -0.39 is 22.6 Å². The predicted octanol–water partition coefficient (Wildman–Crippen LogP) is 1.18. The molecule has 0 spiro atoms. The number of hydrogen-bond donors (Lipinski definition) is 2. The molecule has 2 N–H and O–H groups in total. The van der Waals surface area contributed by atoms with Gasteiger partial charge in [-0.15, -0.1) is 0 Å². The van der Waals surface area contributed by atoms with E-state index in [1.54, 1.807) is 0 Å². The average Bonchev–Trinajstić information content (AvgIpc) is 2.34. The van der Waals surface area contributed by atoms with E-state index in [4.69, 9.17) is 21.4 Å². The second kappa shape index (κ2) is 6.55. The fourth-order valence-electron chi connectivity index (χ4n) is 1.12. The number of carbonyl (C=O) groups is 1. The van der Waals surface area contributed by atoms with Crippen molar-refractivity contribution in [3.8, 4) is 5.75 Å². The third-order valence-corrected chi connectivity index (χ3v) is 3.50. The number of aliphatic carboxylic acids is 1. The molecule has 0 amide bonds. The largest absolute Gasteiger partial charge is 0.482 e. The zero-order chi connectivity index (χ0) is 14.5. The Morgan fingerprint density at radius 2 is 1.95 bits per heavy atom. The summed E-state index contributed by atoms with van der Waals surface area (Å²) in [5.74, 6) is -0.845. The summed E-state index contributed by atoms with van der Waals surface area (Å²) < 4.78 is 30.7. The molecule has 0 saturated heterocycles. The number of nitrogens with one attached hydrogen (secondary N) is 1. The predicted molar refractivity (Wildman–Crippen MR) is 69.8 cm³/mol. The van der Waals surface area contributed by atoms with Crippen LogP contribution in [-0.2, 0) is 14.8 Å². The van der Waals surface area contributed by atoms with Gasteiger partial charge >= 0.3 is 5.97 Å². The molecule has 0 fully saturated rings. The minimum atomic E-state index is -3.67. The topological polar surface area (TPSA) is 92.7 Å². The monoisotopic (exact) mass is 305 g/mol. The number of rotatable bonds is 7. The fourth-order valence-corrected chi connectivity index (χ4v) is 2.29. The summed E-state index contributed by atoms with van der Waals surface area (Å²) >= 11 is 5.47. The summed E-state index contributed by atoms with van der Waals surface area (Å²) in [5, 5.41) is 8.60. The summed E-state index contributed by atoms with van der Waals surface area (Å²) in [5.41, 5.74) is 0. The molecule has 104 valence electrons. The number of carboxylic acid groups (broad SMARTS) is 1. The Morgan fingerprint density at radius 1 is 1.37 bits per heavy atom. The molecule has 0 heterocycles. The average molecular weight is 306 g/mol. The molecule has 0 bridgehead atoms.